The van der Waals surface area contributed by atoms with Gasteiger partial charge in [0.25, 0.3) is 0 Å². The molecule has 1 amide bonds. The Balaban J connectivity index is 1.94. The third kappa shape index (κ3) is 4.09. The van der Waals surface area contributed by atoms with Gasteiger partial charge in [-0.25, -0.2) is 0 Å². The summed E-state index contributed by atoms with van der Waals surface area (Å²) in [7, 11) is 0. The molecular weight excluding hydrogens is 290 g/mol. The highest BCUT2D eigenvalue weighted by Crippen LogP contribution is 2.25. The van der Waals surface area contributed by atoms with E-state index in [0.717, 1.165) is 25.9 Å². The lowest BCUT2D eigenvalue weighted by molar-refractivity contribution is -0.120. The van der Waals surface area contributed by atoms with Crippen LogP contribution < -0.4 is 11.1 Å². The molecule has 2 rings (SSSR count). The Hall–Kier alpha value is -1.30. The first-order chi connectivity index (χ1) is 10.0. The number of anilines is 2. The van der Waals surface area contributed by atoms with Gasteiger partial charge in [-0.2, -0.15) is 0 Å². The lowest BCUT2D eigenvalue weighted by Crippen LogP contribution is -2.40. The van der Waals surface area contributed by atoms with Crippen LogP contribution >= 0.6 is 11.6 Å². The smallest absolute Gasteiger partial charge is 0.241 e. The summed E-state index contributed by atoms with van der Waals surface area (Å²) in [5.41, 5.74) is 6.89. The van der Waals surface area contributed by atoms with E-state index in [2.05, 4.69) is 10.2 Å². The van der Waals surface area contributed by atoms with E-state index >= 15 is 0 Å². The molecule has 4 N–H and O–H groups in total. The predicted octanol–water partition coefficient (Wildman–Crippen LogP) is 1.95. The molecule has 0 saturated carbocycles. The van der Waals surface area contributed by atoms with Gasteiger partial charge in [0.2, 0.25) is 5.91 Å². The minimum Gasteiger partial charge on any atom is -0.397 e. The molecule has 0 aliphatic carbocycles. The number of likely N-dealkylation sites (tertiary alicyclic amines) is 1. The van der Waals surface area contributed by atoms with Gasteiger partial charge in [0.15, 0.2) is 0 Å². The van der Waals surface area contributed by atoms with Gasteiger partial charge < -0.3 is 16.2 Å². The maximum Gasteiger partial charge on any atom is 0.241 e. The lowest BCUT2D eigenvalue weighted by Gasteiger charge is -2.23. The Labute approximate surface area is 130 Å². The molecule has 1 aromatic rings. The number of carbonyl (C=O) groups excluding carboxylic acids is 1. The lowest BCUT2D eigenvalue weighted by atomic mass is 10.1. The van der Waals surface area contributed by atoms with Crippen molar-refractivity contribution in [3.05, 3.63) is 23.2 Å². The van der Waals surface area contributed by atoms with E-state index in [1.807, 2.05) is 6.92 Å². The summed E-state index contributed by atoms with van der Waals surface area (Å²) in [6, 6.07) is 4.81. The first-order valence-corrected chi connectivity index (χ1v) is 7.60. The summed E-state index contributed by atoms with van der Waals surface area (Å²) in [5, 5.41) is 12.4. The number of halogens is 1. The third-order valence-corrected chi connectivity index (χ3v) is 4.29. The van der Waals surface area contributed by atoms with Crippen LogP contribution in [0.4, 0.5) is 11.4 Å². The van der Waals surface area contributed by atoms with Gasteiger partial charge in [-0.05, 0) is 50.4 Å². The monoisotopic (exact) mass is 311 g/mol. The SMILES string of the molecule is CC(C(=O)Nc1ccc(Cl)cc1N)N1CCC(CCO)C1. The fourth-order valence-corrected chi connectivity index (χ4v) is 2.86. The Morgan fingerprint density at radius 2 is 2.38 bits per heavy atom. The van der Waals surface area contributed by atoms with Crippen molar-refractivity contribution in [2.75, 3.05) is 30.7 Å². The zero-order valence-corrected chi connectivity index (χ0v) is 12.9. The number of carbonyl (C=O) groups is 1. The van der Waals surface area contributed by atoms with Crippen molar-refractivity contribution in [3.63, 3.8) is 0 Å². The summed E-state index contributed by atoms with van der Waals surface area (Å²) in [6.45, 7) is 3.84. The molecule has 5 nitrogen and oxygen atoms in total. The van der Waals surface area contributed by atoms with E-state index in [-0.39, 0.29) is 18.6 Å². The number of nitrogens with one attached hydrogen (secondary N) is 1. The average Bonchev–Trinajstić information content (AvgIpc) is 2.90. The summed E-state index contributed by atoms with van der Waals surface area (Å²) < 4.78 is 0. The van der Waals surface area contributed by atoms with Crippen LogP contribution in [-0.2, 0) is 4.79 Å². The van der Waals surface area contributed by atoms with Crippen molar-refractivity contribution in [1.82, 2.24) is 4.90 Å². The Kier molecular flexibility index (Phi) is 5.45. The molecule has 1 aliphatic rings. The molecule has 0 aromatic heterocycles. The van der Waals surface area contributed by atoms with Gasteiger partial charge in [0.05, 0.1) is 17.4 Å². The summed E-state index contributed by atoms with van der Waals surface area (Å²) in [5.74, 6) is 0.402. The summed E-state index contributed by atoms with van der Waals surface area (Å²) in [6.07, 6.45) is 1.83. The Morgan fingerprint density at radius 1 is 1.62 bits per heavy atom. The average molecular weight is 312 g/mol. The van der Waals surface area contributed by atoms with Crippen LogP contribution in [0.1, 0.15) is 19.8 Å². The number of aliphatic hydroxyl groups is 1. The van der Waals surface area contributed by atoms with E-state index in [1.165, 1.54) is 0 Å². The van der Waals surface area contributed by atoms with Crippen LogP contribution in [0.3, 0.4) is 0 Å². The summed E-state index contributed by atoms with van der Waals surface area (Å²) in [4.78, 5) is 14.5. The second-order valence-corrected chi connectivity index (χ2v) is 6.00. The van der Waals surface area contributed by atoms with Crippen LogP contribution in [-0.4, -0.2) is 41.7 Å². The molecule has 1 heterocycles. The van der Waals surface area contributed by atoms with Crippen LogP contribution in [0.5, 0.6) is 0 Å². The molecule has 116 valence electrons. The van der Waals surface area contributed by atoms with Crippen LogP contribution in [0.15, 0.2) is 18.2 Å². The van der Waals surface area contributed by atoms with Crippen molar-refractivity contribution in [2.24, 2.45) is 5.92 Å². The molecular formula is C15H22ClN3O2. The number of rotatable bonds is 5. The third-order valence-electron chi connectivity index (χ3n) is 4.05. The Morgan fingerprint density at radius 3 is 3.05 bits per heavy atom. The molecule has 21 heavy (non-hydrogen) atoms. The van der Waals surface area contributed by atoms with E-state index in [9.17, 15) is 4.79 Å². The predicted molar refractivity (Wildman–Crippen MR) is 85.3 cm³/mol. The number of nitrogens with zero attached hydrogens (tertiary/aromatic N) is 1. The first kappa shape index (κ1) is 16.1. The van der Waals surface area contributed by atoms with Crippen molar-refractivity contribution >= 4 is 28.9 Å². The zero-order valence-electron chi connectivity index (χ0n) is 12.2. The molecule has 2 atom stereocenters. The molecule has 1 aromatic carbocycles. The molecule has 6 heteroatoms. The molecule has 1 saturated heterocycles. The van der Waals surface area contributed by atoms with Crippen LogP contribution in [0.25, 0.3) is 0 Å². The normalized spacial score (nSPS) is 20.4. The fourth-order valence-electron chi connectivity index (χ4n) is 2.68. The van der Waals surface area contributed by atoms with Crippen molar-refractivity contribution < 1.29 is 9.90 Å². The minimum absolute atomic E-state index is 0.0753. The molecule has 2 unspecified atom stereocenters. The number of aliphatic hydroxyl groups excluding tert-OH is 1. The maximum atomic E-state index is 12.3. The van der Waals surface area contributed by atoms with Crippen LogP contribution in [0.2, 0.25) is 5.02 Å². The van der Waals surface area contributed by atoms with E-state index in [0.29, 0.717) is 22.3 Å². The van der Waals surface area contributed by atoms with Gasteiger partial charge in [0.1, 0.15) is 0 Å². The van der Waals surface area contributed by atoms with E-state index < -0.39 is 0 Å². The molecule has 0 radical (unpaired) electrons. The fraction of sp³-hybridized carbons (Fsp3) is 0.533. The molecule has 1 aliphatic heterocycles. The van der Waals surface area contributed by atoms with Gasteiger partial charge in [0, 0.05) is 18.2 Å². The summed E-state index contributed by atoms with van der Waals surface area (Å²) >= 11 is 5.84. The molecule has 1 fully saturated rings. The molecule has 0 bridgehead atoms. The van der Waals surface area contributed by atoms with Crippen molar-refractivity contribution in [1.29, 1.82) is 0 Å². The second kappa shape index (κ2) is 7.11. The zero-order chi connectivity index (χ0) is 15.4. The number of nitrogen functional groups attached to an aromatic ring is 1. The minimum atomic E-state index is -0.219. The number of hydrogen-bond donors (Lipinski definition) is 3. The second-order valence-electron chi connectivity index (χ2n) is 5.56. The van der Waals surface area contributed by atoms with E-state index in [4.69, 9.17) is 22.4 Å². The topological polar surface area (TPSA) is 78.6 Å². The van der Waals surface area contributed by atoms with Crippen LogP contribution in [0, 0.1) is 5.92 Å². The standard InChI is InChI=1S/C15H22ClN3O2/c1-10(19-6-4-11(9-19)5-7-20)15(21)18-14-3-2-12(16)8-13(14)17/h2-3,8,10-11,20H,4-7,9,17H2,1H3,(H,18,21). The quantitative estimate of drug-likeness (QED) is 0.726. The maximum absolute atomic E-state index is 12.3. The first-order valence-electron chi connectivity index (χ1n) is 7.22. The van der Waals surface area contributed by atoms with Gasteiger partial charge in [-0.15, -0.1) is 0 Å². The number of amides is 1. The van der Waals surface area contributed by atoms with Gasteiger partial charge in [-0.3, -0.25) is 9.69 Å². The Bertz CT molecular complexity index is 510. The van der Waals surface area contributed by atoms with E-state index in [1.54, 1.807) is 18.2 Å². The van der Waals surface area contributed by atoms with Crippen molar-refractivity contribution in [2.45, 2.75) is 25.8 Å². The highest BCUT2D eigenvalue weighted by molar-refractivity contribution is 6.31. The largest absolute Gasteiger partial charge is 0.397 e. The number of nitrogens with two attached hydrogens (primary N) is 1. The van der Waals surface area contributed by atoms with Crippen molar-refractivity contribution in [3.8, 4) is 0 Å². The number of benzene rings is 1. The highest BCUT2D eigenvalue weighted by atomic mass is 35.5. The number of hydrogen-bond acceptors (Lipinski definition) is 4. The highest BCUT2D eigenvalue weighted by Gasteiger charge is 2.29. The van der Waals surface area contributed by atoms with Gasteiger partial charge >= 0.3 is 0 Å². The van der Waals surface area contributed by atoms with Gasteiger partial charge in [-0.1, -0.05) is 11.6 Å². The molecule has 0 spiro atoms.